The summed E-state index contributed by atoms with van der Waals surface area (Å²) < 4.78 is 5.09. The average molecular weight is 510 g/mol. The third-order valence-electron chi connectivity index (χ3n) is 8.04. The van der Waals surface area contributed by atoms with Gasteiger partial charge in [-0.05, 0) is 24.8 Å². The third-order valence-corrected chi connectivity index (χ3v) is 8.04. The maximum Gasteiger partial charge on any atom is 0.256 e. The molecule has 2 nitrogen and oxygen atoms in total. The van der Waals surface area contributed by atoms with Crippen LogP contribution in [-0.4, -0.2) is 4.57 Å². The van der Waals surface area contributed by atoms with E-state index in [1.54, 1.807) is 0 Å². The first-order valence-electron chi connectivity index (χ1n) is 16.5. The number of aryl methyl sites for hydroxylation is 1. The zero-order valence-electron chi connectivity index (χ0n) is 24.9. The summed E-state index contributed by atoms with van der Waals surface area (Å²) in [6, 6.07) is 11.0. The summed E-state index contributed by atoms with van der Waals surface area (Å²) in [6.07, 6.45) is 35.5. The van der Waals surface area contributed by atoms with Crippen molar-refractivity contribution in [2.24, 2.45) is 0 Å². The smallest absolute Gasteiger partial charge is 0.234 e. The SMILES string of the molecule is CCCCCCCCCCCCCCn1cc[n+](Cc2ccccc2)c1CCCCCCCCCCC. The lowest BCUT2D eigenvalue weighted by Crippen LogP contribution is -2.37. The largest absolute Gasteiger partial charge is 0.256 e. The lowest BCUT2D eigenvalue weighted by Gasteiger charge is -2.07. The van der Waals surface area contributed by atoms with Gasteiger partial charge in [0.15, 0.2) is 0 Å². The Bertz CT molecular complexity index is 748. The molecule has 37 heavy (non-hydrogen) atoms. The standard InChI is InChI=1S/C35H61N2/c1-3-5-7-9-11-13-14-15-17-19-21-26-30-36-31-32-37(33-34-27-23-22-24-28-34)35(36)29-25-20-18-16-12-10-8-6-4-2/h22-24,27-28,31-32H,3-21,25-26,29-30,33H2,1-2H3/q+1. The molecule has 0 bridgehead atoms. The first-order chi connectivity index (χ1) is 18.3. The van der Waals surface area contributed by atoms with Gasteiger partial charge in [-0.15, -0.1) is 0 Å². The van der Waals surface area contributed by atoms with Crippen LogP contribution in [-0.2, 0) is 19.5 Å². The molecule has 0 saturated heterocycles. The normalized spacial score (nSPS) is 11.4. The number of benzene rings is 1. The number of imidazole rings is 1. The molecule has 0 aliphatic heterocycles. The fourth-order valence-electron chi connectivity index (χ4n) is 5.63. The van der Waals surface area contributed by atoms with Gasteiger partial charge in [-0.1, -0.05) is 160 Å². The molecule has 0 N–H and O–H groups in total. The van der Waals surface area contributed by atoms with E-state index in [-0.39, 0.29) is 0 Å². The van der Waals surface area contributed by atoms with E-state index < -0.39 is 0 Å². The van der Waals surface area contributed by atoms with E-state index in [1.807, 2.05) is 0 Å². The van der Waals surface area contributed by atoms with Crippen molar-refractivity contribution in [3.05, 3.63) is 54.1 Å². The van der Waals surface area contributed by atoms with Crippen molar-refractivity contribution in [3.8, 4) is 0 Å². The summed E-state index contributed by atoms with van der Waals surface area (Å²) in [5.41, 5.74) is 1.41. The second kappa shape index (κ2) is 22.4. The van der Waals surface area contributed by atoms with Crippen molar-refractivity contribution in [2.45, 2.75) is 168 Å². The molecule has 0 unspecified atom stereocenters. The molecule has 0 aliphatic rings. The Morgan fingerprint density at radius 3 is 1.51 bits per heavy atom. The zero-order valence-corrected chi connectivity index (χ0v) is 24.9. The highest BCUT2D eigenvalue weighted by Gasteiger charge is 2.17. The Morgan fingerprint density at radius 1 is 0.541 bits per heavy atom. The topological polar surface area (TPSA) is 8.81 Å². The van der Waals surface area contributed by atoms with Crippen molar-refractivity contribution in [1.29, 1.82) is 0 Å². The van der Waals surface area contributed by atoms with Crippen molar-refractivity contribution in [3.63, 3.8) is 0 Å². The van der Waals surface area contributed by atoms with Gasteiger partial charge in [-0.25, -0.2) is 9.13 Å². The minimum absolute atomic E-state index is 0.999. The molecule has 0 amide bonds. The van der Waals surface area contributed by atoms with E-state index in [1.165, 1.54) is 159 Å². The van der Waals surface area contributed by atoms with Gasteiger partial charge >= 0.3 is 0 Å². The van der Waals surface area contributed by atoms with Gasteiger partial charge in [0, 0.05) is 6.42 Å². The molecule has 2 rings (SSSR count). The number of hydrogen-bond acceptors (Lipinski definition) is 0. The molecule has 2 heteroatoms. The maximum absolute atomic E-state index is 2.57. The zero-order chi connectivity index (χ0) is 26.2. The second-order valence-electron chi connectivity index (χ2n) is 11.5. The van der Waals surface area contributed by atoms with E-state index in [4.69, 9.17) is 0 Å². The Labute approximate surface area is 231 Å². The maximum atomic E-state index is 2.57. The van der Waals surface area contributed by atoms with Crippen molar-refractivity contribution < 1.29 is 4.57 Å². The first kappa shape index (κ1) is 31.6. The van der Waals surface area contributed by atoms with Gasteiger partial charge in [0.1, 0.15) is 18.9 Å². The van der Waals surface area contributed by atoms with Gasteiger partial charge in [0.25, 0.3) is 5.82 Å². The molecule has 1 heterocycles. The molecule has 1 aromatic heterocycles. The summed E-state index contributed by atoms with van der Waals surface area (Å²) >= 11 is 0. The highest BCUT2D eigenvalue weighted by atomic mass is 15.1. The van der Waals surface area contributed by atoms with Gasteiger partial charge in [-0.3, -0.25) is 0 Å². The number of unbranched alkanes of at least 4 members (excludes halogenated alkanes) is 19. The summed E-state index contributed by atoms with van der Waals surface area (Å²) in [5, 5.41) is 0. The van der Waals surface area contributed by atoms with Crippen LogP contribution in [0.4, 0.5) is 0 Å². The lowest BCUT2D eigenvalue weighted by atomic mass is 10.1. The average Bonchev–Trinajstić information content (AvgIpc) is 3.29. The van der Waals surface area contributed by atoms with Crippen LogP contribution in [0.2, 0.25) is 0 Å². The Hall–Kier alpha value is -1.57. The quantitative estimate of drug-likeness (QED) is 0.0929. The molecule has 210 valence electrons. The number of aromatic nitrogens is 2. The Morgan fingerprint density at radius 2 is 1.00 bits per heavy atom. The summed E-state index contributed by atoms with van der Waals surface area (Å²) in [4.78, 5) is 0. The monoisotopic (exact) mass is 509 g/mol. The molecule has 1 aromatic carbocycles. The van der Waals surface area contributed by atoms with E-state index in [0.717, 1.165) is 6.54 Å². The first-order valence-corrected chi connectivity index (χ1v) is 16.5. The van der Waals surface area contributed by atoms with E-state index in [0.29, 0.717) is 0 Å². The lowest BCUT2D eigenvalue weighted by molar-refractivity contribution is -0.695. The predicted molar refractivity (Wildman–Crippen MR) is 162 cm³/mol. The predicted octanol–water partition coefficient (Wildman–Crippen LogP) is 10.6. The van der Waals surface area contributed by atoms with Crippen molar-refractivity contribution >= 4 is 0 Å². The van der Waals surface area contributed by atoms with Crippen molar-refractivity contribution in [1.82, 2.24) is 4.57 Å². The molecule has 0 spiro atoms. The summed E-state index contributed by atoms with van der Waals surface area (Å²) in [6.45, 7) is 6.79. The van der Waals surface area contributed by atoms with Gasteiger partial charge < -0.3 is 0 Å². The van der Waals surface area contributed by atoms with Crippen LogP contribution in [0.5, 0.6) is 0 Å². The minimum Gasteiger partial charge on any atom is -0.234 e. The van der Waals surface area contributed by atoms with Gasteiger partial charge in [0.2, 0.25) is 0 Å². The minimum atomic E-state index is 0.999. The van der Waals surface area contributed by atoms with Gasteiger partial charge in [-0.2, -0.15) is 0 Å². The van der Waals surface area contributed by atoms with Crippen LogP contribution in [0.3, 0.4) is 0 Å². The van der Waals surface area contributed by atoms with E-state index >= 15 is 0 Å². The van der Waals surface area contributed by atoms with Crippen LogP contribution in [0.1, 0.15) is 160 Å². The number of nitrogens with zero attached hydrogens (tertiary/aromatic N) is 2. The molecule has 0 atom stereocenters. The van der Waals surface area contributed by atoms with E-state index in [9.17, 15) is 0 Å². The van der Waals surface area contributed by atoms with Crippen LogP contribution in [0.15, 0.2) is 42.7 Å². The molecular weight excluding hydrogens is 448 g/mol. The summed E-state index contributed by atoms with van der Waals surface area (Å²) in [5.74, 6) is 1.54. The fourth-order valence-corrected chi connectivity index (χ4v) is 5.63. The highest BCUT2D eigenvalue weighted by molar-refractivity contribution is 5.13. The molecule has 0 radical (unpaired) electrons. The number of hydrogen-bond donors (Lipinski definition) is 0. The number of rotatable bonds is 25. The molecule has 0 aliphatic carbocycles. The summed E-state index contributed by atoms with van der Waals surface area (Å²) in [7, 11) is 0. The van der Waals surface area contributed by atoms with Crippen LogP contribution in [0, 0.1) is 0 Å². The Kier molecular flexibility index (Phi) is 19.2. The van der Waals surface area contributed by atoms with Gasteiger partial charge in [0.05, 0.1) is 6.54 Å². The molecular formula is C35H61N2+. The molecule has 0 saturated carbocycles. The van der Waals surface area contributed by atoms with Crippen LogP contribution < -0.4 is 4.57 Å². The van der Waals surface area contributed by atoms with E-state index in [2.05, 4.69) is 65.7 Å². The second-order valence-corrected chi connectivity index (χ2v) is 11.5. The highest BCUT2D eigenvalue weighted by Crippen LogP contribution is 2.14. The molecule has 0 fully saturated rings. The fraction of sp³-hybridized carbons (Fsp3) is 0.743. The van der Waals surface area contributed by atoms with Crippen molar-refractivity contribution in [2.75, 3.05) is 0 Å². The van der Waals surface area contributed by atoms with Crippen LogP contribution >= 0.6 is 0 Å². The molecule has 2 aromatic rings. The third kappa shape index (κ3) is 15.4. The Balaban J connectivity index is 1.68. The van der Waals surface area contributed by atoms with Crippen LogP contribution in [0.25, 0.3) is 0 Å².